The molecule has 0 spiro atoms. The average molecular weight is 304 g/mol. The molecule has 0 aliphatic rings. The van der Waals surface area contributed by atoms with Crippen molar-refractivity contribution in [1.29, 1.82) is 0 Å². The van der Waals surface area contributed by atoms with E-state index in [1.54, 1.807) is 0 Å². The number of nitrogens with two attached hydrogens (primary N) is 1. The molecule has 3 heteroatoms. The Morgan fingerprint density at radius 2 is 1.90 bits per heavy atom. The number of hydrogen-bond acceptors (Lipinski definition) is 2. The van der Waals surface area contributed by atoms with Crippen molar-refractivity contribution < 1.29 is 4.74 Å². The zero-order valence-electron chi connectivity index (χ0n) is 12.8. The fourth-order valence-electron chi connectivity index (χ4n) is 2.15. The number of halogens is 1. The van der Waals surface area contributed by atoms with E-state index in [2.05, 4.69) is 19.9 Å². The Labute approximate surface area is 131 Å². The third-order valence-corrected chi connectivity index (χ3v) is 4.09. The second-order valence-corrected chi connectivity index (χ2v) is 5.84. The Kier molecular flexibility index (Phi) is 5.27. The molecule has 2 N–H and O–H groups in total. The van der Waals surface area contributed by atoms with E-state index in [0.717, 1.165) is 29.7 Å². The van der Waals surface area contributed by atoms with Crippen LogP contribution in [0.2, 0.25) is 5.02 Å². The minimum Gasteiger partial charge on any atom is -0.456 e. The van der Waals surface area contributed by atoms with Gasteiger partial charge in [0.1, 0.15) is 11.5 Å². The normalized spacial score (nSPS) is 12.2. The minimum atomic E-state index is 0.173. The molecule has 0 saturated heterocycles. The Bertz CT molecular complexity index is 625. The molecule has 0 aliphatic carbocycles. The fraction of sp³-hybridized carbons (Fsp3) is 0.333. The van der Waals surface area contributed by atoms with Crippen LogP contribution in [0.15, 0.2) is 36.4 Å². The quantitative estimate of drug-likeness (QED) is 0.841. The van der Waals surface area contributed by atoms with E-state index in [9.17, 15) is 0 Å². The van der Waals surface area contributed by atoms with E-state index in [1.807, 2.05) is 37.3 Å². The molecule has 2 aromatic carbocycles. The molecule has 0 saturated carbocycles. The fourth-order valence-corrected chi connectivity index (χ4v) is 2.40. The van der Waals surface area contributed by atoms with Crippen LogP contribution in [0.3, 0.4) is 0 Å². The number of aryl methyl sites for hydroxylation is 1. The maximum absolute atomic E-state index is 6.33. The van der Waals surface area contributed by atoms with Crippen molar-refractivity contribution in [3.05, 3.63) is 58.1 Å². The highest BCUT2D eigenvalue weighted by Gasteiger charge is 2.09. The van der Waals surface area contributed by atoms with Gasteiger partial charge in [-0.2, -0.15) is 0 Å². The van der Waals surface area contributed by atoms with Crippen LogP contribution in [0.5, 0.6) is 11.5 Å². The third kappa shape index (κ3) is 3.99. The first-order valence-electron chi connectivity index (χ1n) is 7.29. The smallest absolute Gasteiger partial charge is 0.146 e. The van der Waals surface area contributed by atoms with Gasteiger partial charge in [-0.1, -0.05) is 36.7 Å². The van der Waals surface area contributed by atoms with E-state index >= 15 is 0 Å². The summed E-state index contributed by atoms with van der Waals surface area (Å²) in [7, 11) is 0. The highest BCUT2D eigenvalue weighted by atomic mass is 35.5. The number of hydrogen-bond donors (Lipinski definition) is 1. The van der Waals surface area contributed by atoms with Gasteiger partial charge in [-0.15, -0.1) is 0 Å². The average Bonchev–Trinajstić information content (AvgIpc) is 2.46. The number of benzene rings is 2. The highest BCUT2D eigenvalue weighted by Crippen LogP contribution is 2.32. The number of ether oxygens (including phenoxy) is 1. The van der Waals surface area contributed by atoms with Gasteiger partial charge in [-0.25, -0.2) is 0 Å². The summed E-state index contributed by atoms with van der Waals surface area (Å²) in [6.45, 7) is 6.20. The zero-order valence-corrected chi connectivity index (χ0v) is 13.6. The molecule has 0 radical (unpaired) electrons. The van der Waals surface area contributed by atoms with Gasteiger partial charge in [-0.05, 0) is 61.6 Å². The summed E-state index contributed by atoms with van der Waals surface area (Å²) >= 11 is 6.33. The summed E-state index contributed by atoms with van der Waals surface area (Å²) in [4.78, 5) is 0. The first-order chi connectivity index (χ1) is 10.0. The van der Waals surface area contributed by atoms with Crippen molar-refractivity contribution in [3.8, 4) is 11.5 Å². The Hall–Kier alpha value is -1.51. The third-order valence-electron chi connectivity index (χ3n) is 3.79. The molecule has 0 aromatic heterocycles. The number of rotatable bonds is 5. The summed E-state index contributed by atoms with van der Waals surface area (Å²) in [6.07, 6.45) is 1.79. The van der Waals surface area contributed by atoms with Gasteiger partial charge in [0.05, 0.1) is 5.02 Å². The molecule has 0 aliphatic heterocycles. The van der Waals surface area contributed by atoms with Crippen LogP contribution >= 0.6 is 11.6 Å². The molecule has 0 bridgehead atoms. The van der Waals surface area contributed by atoms with E-state index < -0.39 is 0 Å². The van der Waals surface area contributed by atoms with E-state index in [0.29, 0.717) is 10.8 Å². The maximum atomic E-state index is 6.33. The van der Waals surface area contributed by atoms with Crippen molar-refractivity contribution in [3.63, 3.8) is 0 Å². The summed E-state index contributed by atoms with van der Waals surface area (Å²) < 4.78 is 5.94. The minimum absolute atomic E-state index is 0.173. The molecule has 21 heavy (non-hydrogen) atoms. The summed E-state index contributed by atoms with van der Waals surface area (Å²) in [5.41, 5.74) is 9.45. The van der Waals surface area contributed by atoms with Gasteiger partial charge in [0.15, 0.2) is 0 Å². The molecule has 2 rings (SSSR count). The van der Waals surface area contributed by atoms with E-state index in [4.69, 9.17) is 22.1 Å². The van der Waals surface area contributed by atoms with Crippen LogP contribution in [0.1, 0.15) is 30.0 Å². The molecule has 112 valence electrons. The van der Waals surface area contributed by atoms with Gasteiger partial charge < -0.3 is 10.5 Å². The molecule has 0 heterocycles. The highest BCUT2D eigenvalue weighted by molar-refractivity contribution is 6.32. The van der Waals surface area contributed by atoms with Crippen molar-refractivity contribution in [1.82, 2.24) is 0 Å². The Balaban J connectivity index is 2.19. The Morgan fingerprint density at radius 1 is 1.14 bits per heavy atom. The van der Waals surface area contributed by atoms with E-state index in [1.165, 1.54) is 5.56 Å². The molecule has 0 fully saturated rings. The molecular weight excluding hydrogens is 282 g/mol. The second-order valence-electron chi connectivity index (χ2n) is 5.44. The first kappa shape index (κ1) is 15.9. The summed E-state index contributed by atoms with van der Waals surface area (Å²) in [6, 6.07) is 12.1. The second kappa shape index (κ2) is 6.97. The lowest BCUT2D eigenvalue weighted by Crippen LogP contribution is -2.21. The molecule has 1 atom stereocenters. The lowest BCUT2D eigenvalue weighted by molar-refractivity contribution is 0.478. The predicted octanol–water partition coefficient (Wildman–Crippen LogP) is 5.03. The van der Waals surface area contributed by atoms with Crippen molar-refractivity contribution in [2.45, 2.75) is 39.7 Å². The Morgan fingerprint density at radius 3 is 2.57 bits per heavy atom. The van der Waals surface area contributed by atoms with Gasteiger partial charge in [0.2, 0.25) is 0 Å². The molecule has 1 unspecified atom stereocenters. The maximum Gasteiger partial charge on any atom is 0.146 e. The molecule has 0 amide bonds. The van der Waals surface area contributed by atoms with Crippen LogP contribution in [-0.2, 0) is 6.42 Å². The van der Waals surface area contributed by atoms with Crippen LogP contribution < -0.4 is 10.5 Å². The SMILES string of the molecule is CCC(N)Cc1ccc(Oc2cccc(C)c2C)c(Cl)c1. The predicted molar refractivity (Wildman–Crippen MR) is 89.4 cm³/mol. The van der Waals surface area contributed by atoms with Crippen molar-refractivity contribution in [2.24, 2.45) is 5.73 Å². The van der Waals surface area contributed by atoms with Gasteiger partial charge in [0.25, 0.3) is 0 Å². The van der Waals surface area contributed by atoms with E-state index in [-0.39, 0.29) is 6.04 Å². The van der Waals surface area contributed by atoms with Gasteiger partial charge in [-0.3, -0.25) is 0 Å². The summed E-state index contributed by atoms with van der Waals surface area (Å²) in [5.74, 6) is 1.52. The first-order valence-corrected chi connectivity index (χ1v) is 7.67. The zero-order chi connectivity index (χ0) is 15.4. The van der Waals surface area contributed by atoms with Crippen molar-refractivity contribution >= 4 is 11.6 Å². The molecule has 2 nitrogen and oxygen atoms in total. The monoisotopic (exact) mass is 303 g/mol. The van der Waals surface area contributed by atoms with Crippen LogP contribution in [-0.4, -0.2) is 6.04 Å². The van der Waals surface area contributed by atoms with Gasteiger partial charge in [0, 0.05) is 6.04 Å². The largest absolute Gasteiger partial charge is 0.456 e. The van der Waals surface area contributed by atoms with Crippen LogP contribution in [0.25, 0.3) is 0 Å². The standard InChI is InChI=1S/C18H22ClNO/c1-4-15(20)10-14-8-9-18(16(19)11-14)21-17-7-5-6-12(2)13(17)3/h5-9,11,15H,4,10,20H2,1-3H3. The van der Waals surface area contributed by atoms with Crippen LogP contribution in [0, 0.1) is 13.8 Å². The topological polar surface area (TPSA) is 35.2 Å². The lowest BCUT2D eigenvalue weighted by Gasteiger charge is -2.13. The summed E-state index contributed by atoms with van der Waals surface area (Å²) in [5, 5.41) is 0.622. The molecule has 2 aromatic rings. The van der Waals surface area contributed by atoms with Crippen molar-refractivity contribution in [2.75, 3.05) is 0 Å². The lowest BCUT2D eigenvalue weighted by atomic mass is 10.0. The van der Waals surface area contributed by atoms with Crippen LogP contribution in [0.4, 0.5) is 0 Å². The van der Waals surface area contributed by atoms with Gasteiger partial charge >= 0.3 is 0 Å². The molecular formula is C18H22ClNO.